The lowest BCUT2D eigenvalue weighted by atomic mass is 10.2. The molecule has 0 saturated heterocycles. The summed E-state index contributed by atoms with van der Waals surface area (Å²) >= 11 is 0. The van der Waals surface area contributed by atoms with E-state index in [-0.39, 0.29) is 18.6 Å². The Hall–Kier alpha value is -1.62. The maximum atomic E-state index is 11.6. The molecule has 0 aromatic carbocycles. The third-order valence-corrected chi connectivity index (χ3v) is 2.49. The van der Waals surface area contributed by atoms with E-state index in [2.05, 4.69) is 10.3 Å². The number of rotatable bonds is 8. The number of aliphatic hydroxyl groups is 1. The largest absolute Gasteiger partial charge is 0.475 e. The van der Waals surface area contributed by atoms with Crippen molar-refractivity contribution in [1.29, 1.82) is 0 Å². The van der Waals surface area contributed by atoms with Crippen LogP contribution in [0.3, 0.4) is 0 Å². The molecule has 5 heteroatoms. The van der Waals surface area contributed by atoms with Crippen LogP contribution in [0.5, 0.6) is 5.88 Å². The van der Waals surface area contributed by atoms with Gasteiger partial charge in [0.2, 0.25) is 11.8 Å². The van der Waals surface area contributed by atoms with Crippen molar-refractivity contribution in [2.45, 2.75) is 45.8 Å². The molecule has 1 rings (SSSR count). The van der Waals surface area contributed by atoms with Crippen molar-refractivity contribution in [3.05, 3.63) is 23.9 Å². The molecular formula is C14H22N2O3. The van der Waals surface area contributed by atoms with Gasteiger partial charge in [0.15, 0.2) is 0 Å². The van der Waals surface area contributed by atoms with Gasteiger partial charge < -0.3 is 15.2 Å². The van der Waals surface area contributed by atoms with Crippen molar-refractivity contribution < 1.29 is 14.6 Å². The highest BCUT2D eigenvalue weighted by Crippen LogP contribution is 2.15. The number of nitrogens with one attached hydrogen (secondary N) is 1. The normalized spacial score (nSPS) is 10.5. The van der Waals surface area contributed by atoms with Crippen LogP contribution < -0.4 is 10.1 Å². The van der Waals surface area contributed by atoms with Gasteiger partial charge in [-0.2, -0.15) is 0 Å². The van der Waals surface area contributed by atoms with Crippen LogP contribution in [0, 0.1) is 0 Å². The molecule has 0 aliphatic heterocycles. The fraction of sp³-hybridized carbons (Fsp3) is 0.571. The Kier molecular flexibility index (Phi) is 6.89. The molecule has 0 radical (unpaired) electrons. The van der Waals surface area contributed by atoms with E-state index in [1.165, 1.54) is 0 Å². The Morgan fingerprint density at radius 1 is 1.47 bits per heavy atom. The number of carbonyl (C=O) groups excluding carboxylic acids is 1. The molecule has 0 fully saturated rings. The number of aromatic nitrogens is 1. The molecule has 0 spiro atoms. The number of nitrogens with zero attached hydrogens (tertiary/aromatic N) is 1. The van der Waals surface area contributed by atoms with E-state index in [9.17, 15) is 4.79 Å². The van der Waals surface area contributed by atoms with Crippen molar-refractivity contribution in [2.75, 3.05) is 6.61 Å². The summed E-state index contributed by atoms with van der Waals surface area (Å²) in [5, 5.41) is 11.5. The first-order chi connectivity index (χ1) is 9.13. The van der Waals surface area contributed by atoms with E-state index in [1.54, 1.807) is 6.20 Å². The van der Waals surface area contributed by atoms with Crippen LogP contribution in [0.15, 0.2) is 18.3 Å². The second kappa shape index (κ2) is 8.48. The van der Waals surface area contributed by atoms with Crippen LogP contribution in [0.1, 0.15) is 38.7 Å². The summed E-state index contributed by atoms with van der Waals surface area (Å²) in [6.07, 6.45) is 3.51. The summed E-state index contributed by atoms with van der Waals surface area (Å²) in [6, 6.07) is 3.71. The van der Waals surface area contributed by atoms with Gasteiger partial charge in [0, 0.05) is 31.3 Å². The molecule has 0 aliphatic carbocycles. The highest BCUT2D eigenvalue weighted by molar-refractivity contribution is 5.75. The average Bonchev–Trinajstić information content (AvgIpc) is 2.37. The Morgan fingerprint density at radius 3 is 2.95 bits per heavy atom. The quantitative estimate of drug-likeness (QED) is 0.702. The van der Waals surface area contributed by atoms with Crippen molar-refractivity contribution in [3.63, 3.8) is 0 Å². The number of carbonyl (C=O) groups is 1. The minimum absolute atomic E-state index is 0.0206. The van der Waals surface area contributed by atoms with Crippen LogP contribution in [0.4, 0.5) is 0 Å². The van der Waals surface area contributed by atoms with E-state index in [0.29, 0.717) is 31.7 Å². The maximum Gasteiger partial charge on any atom is 0.220 e. The molecule has 0 atom stereocenters. The van der Waals surface area contributed by atoms with Gasteiger partial charge >= 0.3 is 0 Å². The second-order valence-electron chi connectivity index (χ2n) is 4.59. The topological polar surface area (TPSA) is 71.5 Å². The predicted molar refractivity (Wildman–Crippen MR) is 72.8 cm³/mol. The number of hydrogen-bond acceptors (Lipinski definition) is 4. The summed E-state index contributed by atoms with van der Waals surface area (Å²) in [4.78, 5) is 15.7. The molecule has 19 heavy (non-hydrogen) atoms. The summed E-state index contributed by atoms with van der Waals surface area (Å²) < 4.78 is 5.58. The van der Waals surface area contributed by atoms with Crippen molar-refractivity contribution >= 4 is 5.91 Å². The average molecular weight is 266 g/mol. The molecule has 1 aromatic rings. The second-order valence-corrected chi connectivity index (χ2v) is 4.59. The minimum atomic E-state index is -0.0206. The molecule has 0 aliphatic rings. The summed E-state index contributed by atoms with van der Waals surface area (Å²) in [5.41, 5.74) is 0.867. The first-order valence-electron chi connectivity index (χ1n) is 6.61. The third-order valence-electron chi connectivity index (χ3n) is 2.49. The Bertz CT molecular complexity index is 394. The molecule has 0 unspecified atom stereocenters. The van der Waals surface area contributed by atoms with Crippen LogP contribution >= 0.6 is 0 Å². The molecule has 1 heterocycles. The third kappa shape index (κ3) is 6.20. The standard InChI is InChI=1S/C14H22N2O3/c1-11(2)19-14-12(6-5-8-15-14)10-16-13(18)7-3-4-9-17/h5-6,8,11,17H,3-4,7,9-10H2,1-2H3,(H,16,18). The number of ether oxygens (including phenoxy) is 1. The minimum Gasteiger partial charge on any atom is -0.475 e. The number of pyridine rings is 1. The highest BCUT2D eigenvalue weighted by atomic mass is 16.5. The van der Waals surface area contributed by atoms with Gasteiger partial charge in [-0.3, -0.25) is 4.79 Å². The van der Waals surface area contributed by atoms with Crippen molar-refractivity contribution in [1.82, 2.24) is 10.3 Å². The van der Waals surface area contributed by atoms with Crippen LogP contribution in [0.2, 0.25) is 0 Å². The Balaban J connectivity index is 2.46. The van der Waals surface area contributed by atoms with E-state index in [1.807, 2.05) is 26.0 Å². The monoisotopic (exact) mass is 266 g/mol. The fourth-order valence-electron chi connectivity index (χ4n) is 1.57. The van der Waals surface area contributed by atoms with Gasteiger partial charge in [0.1, 0.15) is 0 Å². The summed E-state index contributed by atoms with van der Waals surface area (Å²) in [7, 11) is 0. The van der Waals surface area contributed by atoms with E-state index < -0.39 is 0 Å². The fourth-order valence-corrected chi connectivity index (χ4v) is 1.57. The van der Waals surface area contributed by atoms with Gasteiger partial charge in [-0.05, 0) is 32.8 Å². The van der Waals surface area contributed by atoms with Crippen LogP contribution in [-0.4, -0.2) is 28.7 Å². The molecule has 0 bridgehead atoms. The lowest BCUT2D eigenvalue weighted by Gasteiger charge is -2.13. The van der Waals surface area contributed by atoms with Gasteiger partial charge in [-0.25, -0.2) is 4.98 Å². The molecule has 5 nitrogen and oxygen atoms in total. The number of unbranched alkanes of at least 4 members (excludes halogenated alkanes) is 1. The Labute approximate surface area is 114 Å². The van der Waals surface area contributed by atoms with Crippen molar-refractivity contribution in [2.24, 2.45) is 0 Å². The van der Waals surface area contributed by atoms with E-state index in [0.717, 1.165) is 5.56 Å². The number of hydrogen-bond donors (Lipinski definition) is 2. The zero-order valence-corrected chi connectivity index (χ0v) is 11.6. The molecule has 106 valence electrons. The first-order valence-corrected chi connectivity index (χ1v) is 6.61. The zero-order valence-electron chi connectivity index (χ0n) is 11.6. The summed E-state index contributed by atoms with van der Waals surface area (Å²) in [6.45, 7) is 4.41. The molecular weight excluding hydrogens is 244 g/mol. The zero-order chi connectivity index (χ0) is 14.1. The highest BCUT2D eigenvalue weighted by Gasteiger charge is 2.08. The summed E-state index contributed by atoms with van der Waals surface area (Å²) in [5.74, 6) is 0.543. The van der Waals surface area contributed by atoms with Crippen molar-refractivity contribution in [3.8, 4) is 5.88 Å². The van der Waals surface area contributed by atoms with Crippen LogP contribution in [0.25, 0.3) is 0 Å². The predicted octanol–water partition coefficient (Wildman–Crippen LogP) is 1.65. The van der Waals surface area contributed by atoms with E-state index >= 15 is 0 Å². The van der Waals surface area contributed by atoms with E-state index in [4.69, 9.17) is 9.84 Å². The molecule has 1 amide bonds. The maximum absolute atomic E-state index is 11.6. The van der Waals surface area contributed by atoms with Crippen LogP contribution in [-0.2, 0) is 11.3 Å². The molecule has 0 saturated carbocycles. The SMILES string of the molecule is CC(C)Oc1ncccc1CNC(=O)CCCCO. The van der Waals surface area contributed by atoms with Gasteiger partial charge in [0.05, 0.1) is 6.10 Å². The Morgan fingerprint density at radius 2 is 2.26 bits per heavy atom. The molecule has 1 aromatic heterocycles. The lowest BCUT2D eigenvalue weighted by molar-refractivity contribution is -0.121. The van der Waals surface area contributed by atoms with Gasteiger partial charge in [-0.15, -0.1) is 0 Å². The lowest BCUT2D eigenvalue weighted by Crippen LogP contribution is -2.23. The van der Waals surface area contributed by atoms with Gasteiger partial charge in [-0.1, -0.05) is 6.07 Å². The van der Waals surface area contributed by atoms with Gasteiger partial charge in [0.25, 0.3) is 0 Å². The number of aliphatic hydroxyl groups excluding tert-OH is 1. The smallest absolute Gasteiger partial charge is 0.220 e. The molecule has 2 N–H and O–H groups in total. The first kappa shape index (κ1) is 15.4. The number of amides is 1.